The fourth-order valence-corrected chi connectivity index (χ4v) is 3.88. The van der Waals surface area contributed by atoms with Crippen LogP contribution >= 0.6 is 0 Å². The van der Waals surface area contributed by atoms with Crippen molar-refractivity contribution >= 4 is 11.7 Å². The lowest BCUT2D eigenvalue weighted by atomic mass is 9.99. The summed E-state index contributed by atoms with van der Waals surface area (Å²) in [5.74, 6) is -0.0396. The Balaban J connectivity index is 1.56. The van der Waals surface area contributed by atoms with E-state index >= 15 is 0 Å². The smallest absolute Gasteiger partial charge is 0.322 e. The van der Waals surface area contributed by atoms with Crippen LogP contribution in [-0.4, -0.2) is 80.2 Å². The number of halogens is 1. The van der Waals surface area contributed by atoms with Gasteiger partial charge in [0.1, 0.15) is 11.6 Å². The summed E-state index contributed by atoms with van der Waals surface area (Å²) in [5, 5.41) is 2.74. The number of rotatable bonds is 5. The van der Waals surface area contributed by atoms with E-state index in [1.165, 1.54) is 13.2 Å². The van der Waals surface area contributed by atoms with Gasteiger partial charge >= 0.3 is 6.03 Å². The highest BCUT2D eigenvalue weighted by Crippen LogP contribution is 2.24. The van der Waals surface area contributed by atoms with Crippen LogP contribution in [0.4, 0.5) is 14.9 Å². The average molecular weight is 378 g/mol. The molecule has 7 heteroatoms. The molecule has 0 saturated carbocycles. The molecule has 2 aliphatic heterocycles. The maximum Gasteiger partial charge on any atom is 0.322 e. The number of ether oxygens (including phenoxy) is 1. The standard InChI is InChI=1S/C20H31FN4O2/c1-23-11-13-24(14-12-23)10-8-16-5-3-4-9-25(16)20(26)22-19-7-6-17(27-2)15-18(19)21/h6-7,15-16H,3-5,8-14H2,1-2H3,(H,22,26)/t16-/m0/s1. The minimum atomic E-state index is -0.478. The van der Waals surface area contributed by atoms with Gasteiger partial charge in [0.2, 0.25) is 0 Å². The molecule has 0 radical (unpaired) electrons. The first kappa shape index (κ1) is 19.9. The zero-order valence-corrected chi connectivity index (χ0v) is 16.4. The zero-order chi connectivity index (χ0) is 19.2. The number of nitrogens with zero attached hydrogens (tertiary/aromatic N) is 3. The second-order valence-electron chi connectivity index (χ2n) is 7.55. The van der Waals surface area contributed by atoms with E-state index in [1.54, 1.807) is 12.1 Å². The van der Waals surface area contributed by atoms with Crippen molar-refractivity contribution in [3.63, 3.8) is 0 Å². The number of likely N-dealkylation sites (tertiary alicyclic amines) is 1. The molecule has 1 aromatic carbocycles. The Bertz CT molecular complexity index is 634. The number of piperidine rings is 1. The molecule has 0 unspecified atom stereocenters. The van der Waals surface area contributed by atoms with Gasteiger partial charge < -0.3 is 24.8 Å². The lowest BCUT2D eigenvalue weighted by molar-refractivity contribution is 0.122. The van der Waals surface area contributed by atoms with Crippen LogP contribution in [0.25, 0.3) is 0 Å². The molecule has 150 valence electrons. The van der Waals surface area contributed by atoms with Gasteiger partial charge in [0.15, 0.2) is 0 Å². The summed E-state index contributed by atoms with van der Waals surface area (Å²) in [6, 6.07) is 4.51. The van der Waals surface area contributed by atoms with Gasteiger partial charge in [0, 0.05) is 51.4 Å². The largest absolute Gasteiger partial charge is 0.497 e. The van der Waals surface area contributed by atoms with Crippen LogP contribution in [0.15, 0.2) is 18.2 Å². The molecule has 0 bridgehead atoms. The van der Waals surface area contributed by atoms with Crippen molar-refractivity contribution in [3.8, 4) is 5.75 Å². The van der Waals surface area contributed by atoms with E-state index in [4.69, 9.17) is 4.74 Å². The lowest BCUT2D eigenvalue weighted by Crippen LogP contribution is -2.49. The van der Waals surface area contributed by atoms with Gasteiger partial charge in [-0.05, 0) is 44.9 Å². The minimum Gasteiger partial charge on any atom is -0.497 e. The molecule has 2 aliphatic rings. The number of benzene rings is 1. The van der Waals surface area contributed by atoms with Gasteiger partial charge in [0.25, 0.3) is 0 Å². The van der Waals surface area contributed by atoms with E-state index in [2.05, 4.69) is 22.2 Å². The predicted molar refractivity (Wildman–Crippen MR) is 105 cm³/mol. The molecule has 3 rings (SSSR count). The van der Waals surface area contributed by atoms with Crippen LogP contribution < -0.4 is 10.1 Å². The number of hydrogen-bond donors (Lipinski definition) is 1. The SMILES string of the molecule is COc1ccc(NC(=O)N2CCCC[C@H]2CCN2CCN(C)CC2)c(F)c1. The van der Waals surface area contributed by atoms with Crippen LogP contribution in [0.1, 0.15) is 25.7 Å². The summed E-state index contributed by atoms with van der Waals surface area (Å²) in [5.41, 5.74) is 0.198. The molecular weight excluding hydrogens is 347 g/mol. The number of carbonyl (C=O) groups is 1. The number of carbonyl (C=O) groups excluding carboxylic acids is 1. The first-order chi connectivity index (χ1) is 13.1. The number of likely N-dealkylation sites (N-methyl/N-ethyl adjacent to an activating group) is 1. The Morgan fingerprint density at radius 3 is 2.70 bits per heavy atom. The summed E-state index contributed by atoms with van der Waals surface area (Å²) in [4.78, 5) is 19.5. The van der Waals surface area contributed by atoms with Crippen molar-refractivity contribution in [3.05, 3.63) is 24.0 Å². The maximum atomic E-state index is 14.2. The number of methoxy groups -OCH3 is 1. The van der Waals surface area contributed by atoms with Crippen molar-refractivity contribution < 1.29 is 13.9 Å². The number of nitrogens with one attached hydrogen (secondary N) is 1. The summed E-state index contributed by atoms with van der Waals surface area (Å²) >= 11 is 0. The van der Waals surface area contributed by atoms with Gasteiger partial charge in [-0.1, -0.05) is 0 Å². The van der Waals surface area contributed by atoms with Crippen molar-refractivity contribution in [2.24, 2.45) is 0 Å². The first-order valence-corrected chi connectivity index (χ1v) is 9.89. The number of piperazine rings is 1. The van der Waals surface area contributed by atoms with Gasteiger partial charge in [-0.15, -0.1) is 0 Å². The van der Waals surface area contributed by atoms with Gasteiger partial charge in [-0.25, -0.2) is 9.18 Å². The van der Waals surface area contributed by atoms with Crippen LogP contribution in [0, 0.1) is 5.82 Å². The molecule has 0 spiro atoms. The van der Waals surface area contributed by atoms with Crippen molar-refractivity contribution in [2.45, 2.75) is 31.7 Å². The third-order valence-electron chi connectivity index (χ3n) is 5.68. The summed E-state index contributed by atoms with van der Waals surface area (Å²) in [6.45, 7) is 6.13. The molecular formula is C20H31FN4O2. The zero-order valence-electron chi connectivity index (χ0n) is 16.4. The van der Waals surface area contributed by atoms with E-state index in [1.807, 2.05) is 4.90 Å². The van der Waals surface area contributed by atoms with Crippen LogP contribution in [0.5, 0.6) is 5.75 Å². The fraction of sp³-hybridized carbons (Fsp3) is 0.650. The van der Waals surface area contributed by atoms with E-state index in [0.29, 0.717) is 5.75 Å². The van der Waals surface area contributed by atoms with Crippen LogP contribution in [0.3, 0.4) is 0 Å². The summed E-state index contributed by atoms with van der Waals surface area (Å²) in [7, 11) is 3.65. The van der Waals surface area contributed by atoms with E-state index in [0.717, 1.165) is 65.0 Å². The van der Waals surface area contributed by atoms with Gasteiger partial charge in [-0.3, -0.25) is 0 Å². The molecule has 27 heavy (non-hydrogen) atoms. The van der Waals surface area contributed by atoms with Crippen molar-refractivity contribution in [2.75, 3.05) is 58.7 Å². The van der Waals surface area contributed by atoms with E-state index < -0.39 is 5.82 Å². The third-order valence-corrected chi connectivity index (χ3v) is 5.68. The monoisotopic (exact) mass is 378 g/mol. The topological polar surface area (TPSA) is 48.1 Å². The summed E-state index contributed by atoms with van der Waals surface area (Å²) in [6.07, 6.45) is 4.14. The Labute approximate surface area is 161 Å². The molecule has 2 heterocycles. The molecule has 0 aliphatic carbocycles. The van der Waals surface area contributed by atoms with Crippen LogP contribution in [-0.2, 0) is 0 Å². The van der Waals surface area contributed by atoms with E-state index in [-0.39, 0.29) is 17.8 Å². The molecule has 6 nitrogen and oxygen atoms in total. The normalized spacial score (nSPS) is 21.9. The Hall–Kier alpha value is -1.86. The molecule has 1 aromatic rings. The highest BCUT2D eigenvalue weighted by Gasteiger charge is 2.28. The number of urea groups is 1. The number of hydrogen-bond acceptors (Lipinski definition) is 4. The second-order valence-corrected chi connectivity index (χ2v) is 7.55. The minimum absolute atomic E-state index is 0.198. The molecule has 2 amide bonds. The van der Waals surface area contributed by atoms with Gasteiger partial charge in [0.05, 0.1) is 12.8 Å². The molecule has 0 aromatic heterocycles. The highest BCUT2D eigenvalue weighted by molar-refractivity contribution is 5.89. The fourth-order valence-electron chi connectivity index (χ4n) is 3.88. The average Bonchev–Trinajstić information content (AvgIpc) is 2.69. The quantitative estimate of drug-likeness (QED) is 0.856. The molecule has 2 saturated heterocycles. The number of amides is 2. The number of anilines is 1. The van der Waals surface area contributed by atoms with Gasteiger partial charge in [-0.2, -0.15) is 0 Å². The molecule has 1 atom stereocenters. The second kappa shape index (κ2) is 9.37. The Morgan fingerprint density at radius 2 is 2.00 bits per heavy atom. The van der Waals surface area contributed by atoms with E-state index in [9.17, 15) is 9.18 Å². The first-order valence-electron chi connectivity index (χ1n) is 9.89. The lowest BCUT2D eigenvalue weighted by Gasteiger charge is -2.38. The Kier molecular flexibility index (Phi) is 6.90. The molecule has 2 fully saturated rings. The van der Waals surface area contributed by atoms with Crippen molar-refractivity contribution in [1.29, 1.82) is 0 Å². The third kappa shape index (κ3) is 5.32. The van der Waals surface area contributed by atoms with Crippen LogP contribution in [0.2, 0.25) is 0 Å². The Morgan fingerprint density at radius 1 is 1.22 bits per heavy atom. The highest BCUT2D eigenvalue weighted by atomic mass is 19.1. The van der Waals surface area contributed by atoms with Crippen molar-refractivity contribution in [1.82, 2.24) is 14.7 Å². The predicted octanol–water partition coefficient (Wildman–Crippen LogP) is 2.86. The molecule has 1 N–H and O–H groups in total. The maximum absolute atomic E-state index is 14.2. The summed E-state index contributed by atoms with van der Waals surface area (Å²) < 4.78 is 19.2.